The molecule has 1 atom stereocenters. The number of carboxylic acids is 1. The molecular formula is C11H7Br2NO5S2. The van der Waals surface area contributed by atoms with Gasteiger partial charge in [-0.2, -0.15) is 0 Å². The van der Waals surface area contributed by atoms with Crippen LogP contribution in [0.3, 0.4) is 0 Å². The number of thiophene rings is 1. The van der Waals surface area contributed by atoms with Gasteiger partial charge >= 0.3 is 5.97 Å². The molecule has 1 unspecified atom stereocenters. The van der Waals surface area contributed by atoms with Crippen LogP contribution in [0.5, 0.6) is 5.75 Å². The largest absolute Gasteiger partial charge is 0.507 e. The van der Waals surface area contributed by atoms with Crippen molar-refractivity contribution in [3.8, 4) is 5.75 Å². The topological polar surface area (TPSA) is 98.1 Å². The minimum Gasteiger partial charge on any atom is -0.507 e. The van der Waals surface area contributed by atoms with Crippen molar-refractivity contribution < 1.29 is 23.8 Å². The summed E-state index contributed by atoms with van der Waals surface area (Å²) < 4.78 is 23.4. The van der Waals surface area contributed by atoms with Crippen LogP contribution in [0.15, 0.2) is 32.5 Å². The minimum absolute atomic E-state index is 0.188. The van der Waals surface area contributed by atoms with Gasteiger partial charge in [0.25, 0.3) is 11.3 Å². The Morgan fingerprint density at radius 1 is 1.33 bits per heavy atom. The summed E-state index contributed by atoms with van der Waals surface area (Å²) in [4.78, 5) is 10.9. The number of benzene rings is 1. The van der Waals surface area contributed by atoms with E-state index < -0.39 is 23.0 Å². The molecule has 1 heterocycles. The molecule has 6 nitrogen and oxygen atoms in total. The molecule has 0 amide bonds. The summed E-state index contributed by atoms with van der Waals surface area (Å²) >= 11 is 5.38. The first kappa shape index (κ1) is 16.4. The first-order valence-electron chi connectivity index (χ1n) is 5.22. The first-order valence-corrected chi connectivity index (χ1v) is 8.75. The van der Waals surface area contributed by atoms with Gasteiger partial charge < -0.3 is 10.2 Å². The Balaban J connectivity index is 2.54. The van der Waals surface area contributed by atoms with Gasteiger partial charge in [0.2, 0.25) is 0 Å². The fourth-order valence-electron chi connectivity index (χ4n) is 1.56. The number of aromatic carboxylic acids is 1. The van der Waals surface area contributed by atoms with Crippen LogP contribution in [0, 0.1) is 0 Å². The molecule has 2 aromatic rings. The molecule has 0 aliphatic heterocycles. The number of rotatable bonds is 4. The van der Waals surface area contributed by atoms with Crippen LogP contribution < -0.4 is 4.31 Å². The molecule has 0 saturated carbocycles. The summed E-state index contributed by atoms with van der Waals surface area (Å²) in [6.45, 7) is 0. The third-order valence-corrected chi connectivity index (χ3v) is 6.77. The molecule has 1 aromatic heterocycles. The second-order valence-electron chi connectivity index (χ2n) is 3.73. The standard InChI is InChI=1S/C11H7Br2NO5S2/c12-7-4-20-10(9(7)13)14(21(18)19)5-1-2-6(11(16)17)8(15)3-5/h1-4,15H,(H,16,17)(H,18,19). The van der Waals surface area contributed by atoms with Crippen LogP contribution in [0.1, 0.15) is 10.4 Å². The summed E-state index contributed by atoms with van der Waals surface area (Å²) in [7, 11) is 0. The van der Waals surface area contributed by atoms with Crippen molar-refractivity contribution in [1.29, 1.82) is 0 Å². The highest BCUT2D eigenvalue weighted by Gasteiger charge is 2.23. The highest BCUT2D eigenvalue weighted by atomic mass is 79.9. The molecule has 0 aliphatic rings. The van der Waals surface area contributed by atoms with Crippen LogP contribution in [0.2, 0.25) is 0 Å². The summed E-state index contributed by atoms with van der Waals surface area (Å²) in [5.74, 6) is -1.77. The third kappa shape index (κ3) is 3.29. The van der Waals surface area contributed by atoms with Crippen molar-refractivity contribution in [3.05, 3.63) is 38.1 Å². The predicted octanol–water partition coefficient (Wildman–Crippen LogP) is 3.95. The average Bonchev–Trinajstić information content (AvgIpc) is 2.70. The van der Waals surface area contributed by atoms with E-state index in [-0.39, 0.29) is 11.3 Å². The Hall–Kier alpha value is -0.940. The van der Waals surface area contributed by atoms with Crippen molar-refractivity contribution in [2.45, 2.75) is 0 Å². The van der Waals surface area contributed by atoms with Gasteiger partial charge in [-0.1, -0.05) is 0 Å². The lowest BCUT2D eigenvalue weighted by Gasteiger charge is -2.19. The van der Waals surface area contributed by atoms with E-state index in [0.29, 0.717) is 13.9 Å². The fraction of sp³-hybridized carbons (Fsp3) is 0. The van der Waals surface area contributed by atoms with Crippen molar-refractivity contribution in [2.24, 2.45) is 0 Å². The van der Waals surface area contributed by atoms with Crippen LogP contribution in [0.4, 0.5) is 10.7 Å². The van der Waals surface area contributed by atoms with Crippen molar-refractivity contribution >= 4 is 71.1 Å². The maximum atomic E-state index is 11.6. The van der Waals surface area contributed by atoms with E-state index in [1.165, 1.54) is 23.5 Å². The Morgan fingerprint density at radius 2 is 2.00 bits per heavy atom. The second-order valence-corrected chi connectivity index (χ2v) is 7.07. The maximum Gasteiger partial charge on any atom is 0.339 e. The number of phenols is 1. The highest BCUT2D eigenvalue weighted by molar-refractivity contribution is 9.13. The van der Waals surface area contributed by atoms with E-state index in [0.717, 1.165) is 10.4 Å². The Labute approximate surface area is 142 Å². The Morgan fingerprint density at radius 3 is 2.43 bits per heavy atom. The average molecular weight is 457 g/mol. The SMILES string of the molecule is O=C(O)c1ccc(N(c2scc(Br)c2Br)S(=O)O)cc1O. The van der Waals surface area contributed by atoms with E-state index in [1.807, 2.05) is 0 Å². The fourth-order valence-corrected chi connectivity index (χ4v) is 4.59. The second kappa shape index (κ2) is 6.44. The predicted molar refractivity (Wildman–Crippen MR) is 87.7 cm³/mol. The molecule has 21 heavy (non-hydrogen) atoms. The quantitative estimate of drug-likeness (QED) is 0.605. The molecule has 0 radical (unpaired) electrons. The molecule has 0 saturated heterocycles. The maximum absolute atomic E-state index is 11.6. The van der Waals surface area contributed by atoms with Crippen LogP contribution in [-0.2, 0) is 11.3 Å². The van der Waals surface area contributed by atoms with E-state index in [1.54, 1.807) is 5.38 Å². The van der Waals surface area contributed by atoms with Gasteiger partial charge in [0.05, 0.1) is 10.2 Å². The molecule has 0 aliphatic carbocycles. The Kier molecular flexibility index (Phi) is 5.04. The number of hydrogen-bond acceptors (Lipinski definition) is 4. The summed E-state index contributed by atoms with van der Waals surface area (Å²) in [6, 6.07) is 3.64. The van der Waals surface area contributed by atoms with E-state index in [9.17, 15) is 18.7 Å². The van der Waals surface area contributed by atoms with Gasteiger partial charge in [-0.25, -0.2) is 13.3 Å². The number of carboxylic acid groups (broad SMARTS) is 1. The molecule has 112 valence electrons. The molecule has 0 fully saturated rings. The number of aromatic hydroxyl groups is 1. The summed E-state index contributed by atoms with van der Waals surface area (Å²) in [5.41, 5.74) is -0.0952. The minimum atomic E-state index is -2.39. The lowest BCUT2D eigenvalue weighted by Crippen LogP contribution is -2.18. The third-order valence-electron chi connectivity index (χ3n) is 2.46. The van der Waals surface area contributed by atoms with Gasteiger partial charge in [-0.05, 0) is 44.0 Å². The molecule has 1 aromatic carbocycles. The molecule has 10 heteroatoms. The number of carbonyl (C=O) groups is 1. The van der Waals surface area contributed by atoms with Gasteiger partial charge in [-0.3, -0.25) is 4.55 Å². The summed E-state index contributed by atoms with van der Waals surface area (Å²) in [6.07, 6.45) is 0. The van der Waals surface area contributed by atoms with E-state index in [2.05, 4.69) is 31.9 Å². The van der Waals surface area contributed by atoms with Crippen LogP contribution in [-0.4, -0.2) is 24.9 Å². The smallest absolute Gasteiger partial charge is 0.339 e. The molecule has 0 spiro atoms. The summed E-state index contributed by atoms with van der Waals surface area (Å²) in [5, 5.41) is 20.7. The first-order chi connectivity index (χ1) is 9.82. The molecular weight excluding hydrogens is 450 g/mol. The molecule has 2 rings (SSSR count). The Bertz CT molecular complexity index is 733. The lowest BCUT2D eigenvalue weighted by atomic mass is 10.2. The highest BCUT2D eigenvalue weighted by Crippen LogP contribution is 2.43. The monoisotopic (exact) mass is 455 g/mol. The number of nitrogens with zero attached hydrogens (tertiary/aromatic N) is 1. The normalized spacial score (nSPS) is 12.1. The zero-order chi connectivity index (χ0) is 15.7. The van der Waals surface area contributed by atoms with Gasteiger partial charge in [0.15, 0.2) is 0 Å². The molecule has 3 N–H and O–H groups in total. The lowest BCUT2D eigenvalue weighted by molar-refractivity contribution is 0.0694. The van der Waals surface area contributed by atoms with Crippen molar-refractivity contribution in [3.63, 3.8) is 0 Å². The van der Waals surface area contributed by atoms with Crippen molar-refractivity contribution in [2.75, 3.05) is 4.31 Å². The van der Waals surface area contributed by atoms with Crippen molar-refractivity contribution in [1.82, 2.24) is 0 Å². The van der Waals surface area contributed by atoms with Gasteiger partial charge in [-0.15, -0.1) is 11.3 Å². The van der Waals surface area contributed by atoms with Crippen LogP contribution in [0.25, 0.3) is 0 Å². The van der Waals surface area contributed by atoms with Gasteiger partial charge in [0, 0.05) is 15.9 Å². The molecule has 0 bridgehead atoms. The van der Waals surface area contributed by atoms with E-state index >= 15 is 0 Å². The zero-order valence-electron chi connectivity index (χ0n) is 9.99. The van der Waals surface area contributed by atoms with Crippen LogP contribution >= 0.6 is 43.2 Å². The number of halogens is 2. The van der Waals surface area contributed by atoms with E-state index in [4.69, 9.17) is 5.11 Å². The zero-order valence-corrected chi connectivity index (χ0v) is 14.8. The number of anilines is 2. The van der Waals surface area contributed by atoms with Gasteiger partial charge in [0.1, 0.15) is 16.3 Å². The number of hydrogen-bond donors (Lipinski definition) is 3.